The largest absolute Gasteiger partial charge is 0.344 e. The minimum atomic E-state index is 0. The molecule has 4 heteroatoms. The maximum Gasteiger partial charge on any atom is 0.0574 e. The molecule has 1 aliphatic rings. The number of benzene rings is 1. The standard InChI is InChI=1S/C14H15N3.H3N/c15-12-5-4-10-2-1-3-13(14(10)8-12)11-6-7-16-17-9-11;/h1-3,6-7,9,12H,4-5,8,15H2;1H3/t12-;/m1./s1. The molecule has 1 aromatic carbocycles. The molecule has 0 saturated carbocycles. The van der Waals surface area contributed by atoms with Crippen LogP contribution in [0, 0.1) is 0 Å². The van der Waals surface area contributed by atoms with E-state index in [9.17, 15) is 0 Å². The highest BCUT2D eigenvalue weighted by atomic mass is 15.1. The van der Waals surface area contributed by atoms with Gasteiger partial charge in [-0.3, -0.25) is 0 Å². The average molecular weight is 242 g/mol. The van der Waals surface area contributed by atoms with Crippen molar-refractivity contribution in [3.8, 4) is 11.1 Å². The summed E-state index contributed by atoms with van der Waals surface area (Å²) in [5.74, 6) is 0. The molecule has 0 fully saturated rings. The monoisotopic (exact) mass is 242 g/mol. The molecule has 0 radical (unpaired) electrons. The highest BCUT2D eigenvalue weighted by Crippen LogP contribution is 2.30. The van der Waals surface area contributed by atoms with E-state index >= 15 is 0 Å². The molecule has 1 aromatic heterocycles. The summed E-state index contributed by atoms with van der Waals surface area (Å²) in [5.41, 5.74) is 11.3. The third kappa shape index (κ3) is 2.25. The zero-order valence-corrected chi connectivity index (χ0v) is 10.3. The van der Waals surface area contributed by atoms with E-state index < -0.39 is 0 Å². The van der Waals surface area contributed by atoms with E-state index in [2.05, 4.69) is 28.4 Å². The lowest BCUT2D eigenvalue weighted by Gasteiger charge is -2.23. The van der Waals surface area contributed by atoms with Crippen LogP contribution in [-0.2, 0) is 12.8 Å². The van der Waals surface area contributed by atoms with E-state index in [1.807, 2.05) is 12.3 Å². The zero-order chi connectivity index (χ0) is 11.7. The minimum Gasteiger partial charge on any atom is -0.344 e. The fraction of sp³-hybridized carbons (Fsp3) is 0.286. The first-order chi connectivity index (χ1) is 8.34. The predicted octanol–water partition coefficient (Wildman–Crippen LogP) is 2.12. The van der Waals surface area contributed by atoms with Gasteiger partial charge < -0.3 is 11.9 Å². The summed E-state index contributed by atoms with van der Waals surface area (Å²) in [6.07, 6.45) is 6.69. The lowest BCUT2D eigenvalue weighted by Crippen LogP contribution is -2.28. The summed E-state index contributed by atoms with van der Waals surface area (Å²) in [4.78, 5) is 0. The van der Waals surface area contributed by atoms with Crippen molar-refractivity contribution in [2.24, 2.45) is 5.73 Å². The van der Waals surface area contributed by atoms with Gasteiger partial charge in [-0.1, -0.05) is 18.2 Å². The molecule has 1 heterocycles. The molecule has 1 atom stereocenters. The second-order valence-corrected chi connectivity index (χ2v) is 4.58. The number of hydrogen-bond acceptors (Lipinski definition) is 4. The quantitative estimate of drug-likeness (QED) is 0.802. The molecule has 18 heavy (non-hydrogen) atoms. The molecule has 2 aromatic rings. The van der Waals surface area contributed by atoms with Gasteiger partial charge >= 0.3 is 0 Å². The second kappa shape index (κ2) is 5.25. The van der Waals surface area contributed by atoms with Gasteiger partial charge in [0.2, 0.25) is 0 Å². The van der Waals surface area contributed by atoms with Gasteiger partial charge in [0.15, 0.2) is 0 Å². The topological polar surface area (TPSA) is 86.8 Å². The maximum atomic E-state index is 6.07. The average Bonchev–Trinajstić information content (AvgIpc) is 2.39. The fourth-order valence-corrected chi connectivity index (χ4v) is 2.54. The van der Waals surface area contributed by atoms with Crippen LogP contribution in [0.3, 0.4) is 0 Å². The maximum absolute atomic E-state index is 6.07. The lowest BCUT2D eigenvalue weighted by molar-refractivity contribution is 0.577. The summed E-state index contributed by atoms with van der Waals surface area (Å²) >= 11 is 0. The van der Waals surface area contributed by atoms with Gasteiger partial charge in [0.05, 0.1) is 12.4 Å². The van der Waals surface area contributed by atoms with E-state index in [-0.39, 0.29) is 6.15 Å². The Morgan fingerprint density at radius 1 is 1.17 bits per heavy atom. The van der Waals surface area contributed by atoms with Crippen molar-refractivity contribution in [2.45, 2.75) is 25.3 Å². The van der Waals surface area contributed by atoms with Crippen LogP contribution in [-0.4, -0.2) is 16.2 Å². The van der Waals surface area contributed by atoms with Crippen molar-refractivity contribution in [1.82, 2.24) is 16.3 Å². The Morgan fingerprint density at radius 3 is 2.83 bits per heavy atom. The SMILES string of the molecule is N.N[C@@H]1CCc2cccc(-c3ccnnc3)c2C1. The number of nitrogens with two attached hydrogens (primary N) is 1. The van der Waals surface area contributed by atoms with Gasteiger partial charge in [-0.05, 0) is 42.0 Å². The normalized spacial score (nSPS) is 17.7. The van der Waals surface area contributed by atoms with Crippen molar-refractivity contribution in [3.63, 3.8) is 0 Å². The minimum absolute atomic E-state index is 0. The highest BCUT2D eigenvalue weighted by molar-refractivity contribution is 5.68. The molecule has 0 aliphatic heterocycles. The molecule has 1 aliphatic carbocycles. The molecule has 4 nitrogen and oxygen atoms in total. The van der Waals surface area contributed by atoms with Crippen molar-refractivity contribution in [2.75, 3.05) is 0 Å². The summed E-state index contributed by atoms with van der Waals surface area (Å²) < 4.78 is 0. The van der Waals surface area contributed by atoms with Gasteiger partial charge in [-0.25, -0.2) is 0 Å². The van der Waals surface area contributed by atoms with Crippen LogP contribution in [0.4, 0.5) is 0 Å². The molecule has 0 unspecified atom stereocenters. The summed E-state index contributed by atoms with van der Waals surface area (Å²) in [6, 6.07) is 8.76. The number of aromatic nitrogens is 2. The van der Waals surface area contributed by atoms with Gasteiger partial charge in [0.1, 0.15) is 0 Å². The number of rotatable bonds is 1. The molecular formula is C14H18N4. The Bertz CT molecular complexity index is 525. The lowest BCUT2D eigenvalue weighted by atomic mass is 9.84. The summed E-state index contributed by atoms with van der Waals surface area (Å²) in [6.45, 7) is 0. The van der Waals surface area contributed by atoms with Gasteiger partial charge in [0.25, 0.3) is 0 Å². The van der Waals surface area contributed by atoms with Gasteiger partial charge in [0, 0.05) is 11.6 Å². The molecule has 94 valence electrons. The fourth-order valence-electron chi connectivity index (χ4n) is 2.54. The second-order valence-electron chi connectivity index (χ2n) is 4.58. The molecule has 0 spiro atoms. The molecule has 5 N–H and O–H groups in total. The Morgan fingerprint density at radius 2 is 2.06 bits per heavy atom. The Kier molecular flexibility index (Phi) is 3.69. The van der Waals surface area contributed by atoms with Crippen LogP contribution < -0.4 is 11.9 Å². The Hall–Kier alpha value is -1.78. The van der Waals surface area contributed by atoms with Crippen LogP contribution in [0.1, 0.15) is 17.5 Å². The van der Waals surface area contributed by atoms with Crippen molar-refractivity contribution < 1.29 is 0 Å². The Labute approximate surface area is 107 Å². The van der Waals surface area contributed by atoms with Gasteiger partial charge in [-0.15, -0.1) is 0 Å². The summed E-state index contributed by atoms with van der Waals surface area (Å²) in [7, 11) is 0. The molecule has 0 amide bonds. The first-order valence-corrected chi connectivity index (χ1v) is 5.98. The summed E-state index contributed by atoms with van der Waals surface area (Å²) in [5, 5.41) is 7.77. The van der Waals surface area contributed by atoms with Crippen LogP contribution in [0.25, 0.3) is 11.1 Å². The molecular weight excluding hydrogens is 224 g/mol. The van der Waals surface area contributed by atoms with Crippen LogP contribution in [0.2, 0.25) is 0 Å². The van der Waals surface area contributed by atoms with E-state index in [1.165, 1.54) is 16.7 Å². The van der Waals surface area contributed by atoms with E-state index in [4.69, 9.17) is 5.73 Å². The number of aryl methyl sites for hydroxylation is 1. The van der Waals surface area contributed by atoms with Gasteiger partial charge in [-0.2, -0.15) is 10.2 Å². The first-order valence-electron chi connectivity index (χ1n) is 5.98. The number of nitrogens with zero attached hydrogens (tertiary/aromatic N) is 2. The van der Waals surface area contributed by atoms with Crippen molar-refractivity contribution in [1.29, 1.82) is 0 Å². The van der Waals surface area contributed by atoms with E-state index in [1.54, 1.807) is 6.20 Å². The van der Waals surface area contributed by atoms with Crippen molar-refractivity contribution in [3.05, 3.63) is 47.8 Å². The highest BCUT2D eigenvalue weighted by Gasteiger charge is 2.18. The van der Waals surface area contributed by atoms with Crippen LogP contribution in [0.5, 0.6) is 0 Å². The first kappa shape index (κ1) is 12.7. The molecule has 0 saturated heterocycles. The number of fused-ring (bicyclic) bond motifs is 1. The Balaban J connectivity index is 0.00000120. The third-order valence-corrected chi connectivity index (χ3v) is 3.42. The van der Waals surface area contributed by atoms with E-state index in [0.29, 0.717) is 6.04 Å². The van der Waals surface area contributed by atoms with E-state index in [0.717, 1.165) is 24.8 Å². The van der Waals surface area contributed by atoms with Crippen LogP contribution in [0.15, 0.2) is 36.7 Å². The predicted molar refractivity (Wildman–Crippen MR) is 72.5 cm³/mol. The van der Waals surface area contributed by atoms with Crippen LogP contribution >= 0.6 is 0 Å². The number of hydrogen-bond donors (Lipinski definition) is 2. The molecule has 3 rings (SSSR count). The zero-order valence-electron chi connectivity index (χ0n) is 10.3. The smallest absolute Gasteiger partial charge is 0.0574 e. The van der Waals surface area contributed by atoms with Crippen molar-refractivity contribution >= 4 is 0 Å². The molecule has 0 bridgehead atoms. The third-order valence-electron chi connectivity index (χ3n) is 3.42.